The van der Waals surface area contributed by atoms with E-state index in [1.54, 1.807) is 24.1 Å². The number of ether oxygens (including phenoxy) is 2. The molecular weight excluding hydrogens is 559 g/mol. The Morgan fingerprint density at radius 3 is 2.46 bits per heavy atom. The van der Waals surface area contributed by atoms with Gasteiger partial charge in [0.25, 0.3) is 5.91 Å². The molecule has 0 N–H and O–H groups in total. The van der Waals surface area contributed by atoms with Gasteiger partial charge in [0.2, 0.25) is 0 Å². The van der Waals surface area contributed by atoms with Gasteiger partial charge in [0.15, 0.2) is 5.69 Å². The Hall–Kier alpha value is -3.52. The maximum Gasteiger partial charge on any atom is 0.280 e. The standard InChI is InChI=1S/C32H34Cl2N4O3/c1-19(2)30-28-29(35-38(30)26-9-7-8-10-27(26)40-6)32(39)37(31(28)25-12-11-21(33)15-20(25)3)23-16-22(34)17-24(18-23)41-14-13-36(4)5/h7-12,15-19,31H,13-14H2,1-6H3/t31-/m0/s1. The molecule has 3 aromatic carbocycles. The summed E-state index contributed by atoms with van der Waals surface area (Å²) in [6, 6.07) is 18.4. The lowest BCUT2D eigenvalue weighted by Crippen LogP contribution is -2.30. The lowest BCUT2D eigenvalue weighted by molar-refractivity contribution is 0.0988. The van der Waals surface area contributed by atoms with Crippen LogP contribution in [0.2, 0.25) is 10.0 Å². The smallest absolute Gasteiger partial charge is 0.280 e. The topological polar surface area (TPSA) is 59.8 Å². The van der Waals surface area contributed by atoms with Crippen LogP contribution in [-0.2, 0) is 0 Å². The van der Waals surface area contributed by atoms with E-state index in [0.717, 1.165) is 34.6 Å². The lowest BCUT2D eigenvalue weighted by atomic mass is 9.92. The molecule has 0 fully saturated rings. The van der Waals surface area contributed by atoms with E-state index in [1.165, 1.54) is 0 Å². The third kappa shape index (κ3) is 5.54. The van der Waals surface area contributed by atoms with E-state index >= 15 is 0 Å². The molecule has 0 spiro atoms. The Balaban J connectivity index is 1.72. The molecular formula is C32H34Cl2N4O3. The summed E-state index contributed by atoms with van der Waals surface area (Å²) < 4.78 is 13.5. The number of anilines is 1. The maximum absolute atomic E-state index is 14.4. The van der Waals surface area contributed by atoms with Crippen molar-refractivity contribution in [1.82, 2.24) is 14.7 Å². The second kappa shape index (κ2) is 11.8. The van der Waals surface area contributed by atoms with Crippen LogP contribution in [0.4, 0.5) is 5.69 Å². The number of nitrogens with zero attached hydrogens (tertiary/aromatic N) is 4. The number of benzene rings is 3. The molecule has 5 rings (SSSR count). The van der Waals surface area contributed by atoms with Gasteiger partial charge in [-0.3, -0.25) is 9.69 Å². The highest BCUT2D eigenvalue weighted by molar-refractivity contribution is 6.31. The van der Waals surface area contributed by atoms with E-state index in [-0.39, 0.29) is 11.8 Å². The third-order valence-electron chi connectivity index (χ3n) is 7.24. The molecule has 0 radical (unpaired) electrons. The van der Waals surface area contributed by atoms with Crippen LogP contribution in [-0.4, -0.2) is 54.9 Å². The molecule has 1 atom stereocenters. The average molecular weight is 594 g/mol. The van der Waals surface area contributed by atoms with Crippen molar-refractivity contribution in [2.24, 2.45) is 0 Å². The Bertz CT molecular complexity index is 1600. The molecule has 41 heavy (non-hydrogen) atoms. The lowest BCUT2D eigenvalue weighted by Gasteiger charge is -2.29. The van der Waals surface area contributed by atoms with Gasteiger partial charge >= 0.3 is 0 Å². The molecule has 9 heteroatoms. The monoisotopic (exact) mass is 592 g/mol. The van der Waals surface area contributed by atoms with Crippen LogP contribution in [0, 0.1) is 6.92 Å². The molecule has 0 saturated heterocycles. The fourth-order valence-corrected chi connectivity index (χ4v) is 5.84. The van der Waals surface area contributed by atoms with Crippen molar-refractivity contribution in [3.8, 4) is 17.2 Å². The van der Waals surface area contributed by atoms with E-state index in [0.29, 0.717) is 39.5 Å². The summed E-state index contributed by atoms with van der Waals surface area (Å²) in [5, 5.41) is 6.05. The zero-order valence-corrected chi connectivity index (χ0v) is 25.6. The van der Waals surface area contributed by atoms with E-state index in [4.69, 9.17) is 37.8 Å². The predicted octanol–water partition coefficient (Wildman–Crippen LogP) is 7.31. The van der Waals surface area contributed by atoms with Crippen molar-refractivity contribution in [2.45, 2.75) is 32.7 Å². The molecule has 1 aliphatic rings. The van der Waals surface area contributed by atoms with Crippen LogP contribution in [0.1, 0.15) is 58.7 Å². The van der Waals surface area contributed by atoms with Gasteiger partial charge < -0.3 is 14.4 Å². The van der Waals surface area contributed by atoms with Crippen LogP contribution in [0.15, 0.2) is 60.7 Å². The fraction of sp³-hybridized carbons (Fsp3) is 0.312. The number of methoxy groups -OCH3 is 1. The largest absolute Gasteiger partial charge is 0.494 e. The molecule has 1 aromatic heterocycles. The molecule has 0 aliphatic carbocycles. The quantitative estimate of drug-likeness (QED) is 0.204. The number of amides is 1. The van der Waals surface area contributed by atoms with Gasteiger partial charge in [-0.05, 0) is 74.5 Å². The molecule has 0 saturated carbocycles. The van der Waals surface area contributed by atoms with E-state index < -0.39 is 6.04 Å². The second-order valence-corrected chi connectivity index (χ2v) is 11.6. The molecule has 4 aromatic rings. The maximum atomic E-state index is 14.4. The van der Waals surface area contributed by atoms with Crippen LogP contribution >= 0.6 is 23.2 Å². The molecule has 1 amide bonds. The Morgan fingerprint density at radius 2 is 1.78 bits per heavy atom. The fourth-order valence-electron chi connectivity index (χ4n) is 5.40. The summed E-state index contributed by atoms with van der Waals surface area (Å²) in [6.07, 6.45) is 0. The molecule has 1 aliphatic heterocycles. The minimum Gasteiger partial charge on any atom is -0.494 e. The molecule has 0 bridgehead atoms. The minimum absolute atomic E-state index is 0.0447. The van der Waals surface area contributed by atoms with E-state index in [1.807, 2.05) is 79.1 Å². The first kappa shape index (κ1) is 29.0. The van der Waals surface area contributed by atoms with Crippen LogP contribution in [0.5, 0.6) is 11.5 Å². The number of rotatable bonds is 9. The molecule has 0 unspecified atom stereocenters. The van der Waals surface area contributed by atoms with Crippen molar-refractivity contribution in [1.29, 1.82) is 0 Å². The number of likely N-dealkylation sites (N-methyl/N-ethyl adjacent to an activating group) is 1. The van der Waals surface area contributed by atoms with Crippen LogP contribution in [0.3, 0.4) is 0 Å². The SMILES string of the molecule is COc1ccccc1-n1nc2c(c1C(C)C)[C@H](c1ccc(Cl)cc1C)N(c1cc(Cl)cc(OCCN(C)C)c1)C2=O. The molecule has 214 valence electrons. The number of aromatic nitrogens is 2. The average Bonchev–Trinajstić information content (AvgIpc) is 3.43. The summed E-state index contributed by atoms with van der Waals surface area (Å²) in [7, 11) is 5.61. The van der Waals surface area contributed by atoms with Crippen molar-refractivity contribution < 1.29 is 14.3 Å². The number of aryl methyl sites for hydroxylation is 1. The van der Waals surface area contributed by atoms with Gasteiger partial charge in [0, 0.05) is 28.2 Å². The number of halogens is 2. The Kier molecular flexibility index (Phi) is 8.32. The van der Waals surface area contributed by atoms with E-state index in [2.05, 4.69) is 13.8 Å². The Morgan fingerprint density at radius 1 is 1.02 bits per heavy atom. The van der Waals surface area contributed by atoms with E-state index in [9.17, 15) is 4.79 Å². The van der Waals surface area contributed by atoms with Gasteiger partial charge in [0.1, 0.15) is 23.8 Å². The predicted molar refractivity (Wildman–Crippen MR) is 165 cm³/mol. The summed E-state index contributed by atoms with van der Waals surface area (Å²) in [5.41, 5.74) is 5.53. The number of carbonyl (C=O) groups excluding carboxylic acids is 1. The summed E-state index contributed by atoms with van der Waals surface area (Å²) in [6.45, 7) is 7.46. The molecule has 2 heterocycles. The second-order valence-electron chi connectivity index (χ2n) is 10.8. The number of hydrogen-bond donors (Lipinski definition) is 0. The van der Waals surface area contributed by atoms with Gasteiger partial charge in [-0.25, -0.2) is 4.68 Å². The number of fused-ring (bicyclic) bond motifs is 1. The first-order valence-corrected chi connectivity index (χ1v) is 14.3. The first-order chi connectivity index (χ1) is 19.6. The van der Waals surface area contributed by atoms with Gasteiger partial charge in [0.05, 0.1) is 24.5 Å². The number of carbonyl (C=O) groups is 1. The third-order valence-corrected chi connectivity index (χ3v) is 7.69. The van der Waals surface area contributed by atoms with Gasteiger partial charge in [-0.15, -0.1) is 0 Å². The highest BCUT2D eigenvalue weighted by atomic mass is 35.5. The zero-order chi connectivity index (χ0) is 29.4. The summed E-state index contributed by atoms with van der Waals surface area (Å²) in [5.74, 6) is 1.11. The van der Waals surface area contributed by atoms with Crippen molar-refractivity contribution in [3.63, 3.8) is 0 Å². The first-order valence-electron chi connectivity index (χ1n) is 13.5. The zero-order valence-electron chi connectivity index (χ0n) is 24.1. The highest BCUT2D eigenvalue weighted by Crippen LogP contribution is 2.47. The van der Waals surface area contributed by atoms with Crippen molar-refractivity contribution in [2.75, 3.05) is 39.3 Å². The van der Waals surface area contributed by atoms with Crippen LogP contribution < -0.4 is 14.4 Å². The number of hydrogen-bond acceptors (Lipinski definition) is 5. The number of para-hydroxylation sites is 2. The minimum atomic E-state index is -0.455. The van der Waals surface area contributed by atoms with Gasteiger partial charge in [-0.2, -0.15) is 5.10 Å². The molecule has 7 nitrogen and oxygen atoms in total. The van der Waals surface area contributed by atoms with Crippen molar-refractivity contribution >= 4 is 34.8 Å². The Labute approximate surface area is 251 Å². The highest BCUT2D eigenvalue weighted by Gasteiger charge is 2.45. The summed E-state index contributed by atoms with van der Waals surface area (Å²) >= 11 is 13.0. The van der Waals surface area contributed by atoms with Gasteiger partial charge in [-0.1, -0.05) is 55.2 Å². The normalized spacial score (nSPS) is 14.7. The van der Waals surface area contributed by atoms with Crippen LogP contribution in [0.25, 0.3) is 5.69 Å². The summed E-state index contributed by atoms with van der Waals surface area (Å²) in [4.78, 5) is 18.2. The van der Waals surface area contributed by atoms with Crippen molar-refractivity contribution in [3.05, 3.63) is 98.8 Å².